The second-order valence-corrected chi connectivity index (χ2v) is 8.28. The third-order valence-electron chi connectivity index (χ3n) is 3.97. The summed E-state index contributed by atoms with van der Waals surface area (Å²) in [5.74, 6) is 0.745. The highest BCUT2D eigenvalue weighted by atomic mass is 127. The molecule has 0 spiro atoms. The Hall–Kier alpha value is 0.230. The summed E-state index contributed by atoms with van der Waals surface area (Å²) in [6, 6.07) is 7.13. The summed E-state index contributed by atoms with van der Waals surface area (Å²) in [5.41, 5.74) is 1.77. The Kier molecular flexibility index (Phi) is 4.63. The first-order valence-corrected chi connectivity index (χ1v) is 8.46. The molecule has 2 rings (SSSR count). The first-order chi connectivity index (χ1) is 8.37. The van der Waals surface area contributed by atoms with Crippen molar-refractivity contribution in [1.82, 2.24) is 0 Å². The van der Waals surface area contributed by atoms with Crippen LogP contribution in [0.25, 0.3) is 0 Å². The van der Waals surface area contributed by atoms with Crippen LogP contribution in [-0.4, -0.2) is 6.04 Å². The number of hydrogen-bond donors (Lipinski definition) is 1. The molecule has 1 fully saturated rings. The average Bonchev–Trinajstić information content (AvgIpc) is 2.27. The van der Waals surface area contributed by atoms with Crippen molar-refractivity contribution in [3.05, 3.63) is 26.2 Å². The molecule has 0 amide bonds. The van der Waals surface area contributed by atoms with Crippen molar-refractivity contribution < 1.29 is 0 Å². The predicted molar refractivity (Wildman–Crippen MR) is 91.1 cm³/mol. The molecule has 0 radical (unpaired) electrons. The summed E-state index contributed by atoms with van der Waals surface area (Å²) in [7, 11) is 0. The van der Waals surface area contributed by atoms with Gasteiger partial charge in [0.05, 0.1) is 0 Å². The van der Waals surface area contributed by atoms with E-state index in [1.165, 1.54) is 33.0 Å². The molecule has 3 heteroatoms. The highest BCUT2D eigenvalue weighted by molar-refractivity contribution is 14.1. The van der Waals surface area contributed by atoms with Crippen LogP contribution in [0.1, 0.15) is 40.0 Å². The normalized spacial score (nSPS) is 26.9. The zero-order chi connectivity index (χ0) is 13.3. The maximum Gasteiger partial charge on any atom is 0.0353 e. The Bertz CT molecular complexity index is 431. The van der Waals surface area contributed by atoms with Crippen LogP contribution in [0.5, 0.6) is 0 Å². The Morgan fingerprint density at radius 2 is 2.11 bits per heavy atom. The van der Waals surface area contributed by atoms with Gasteiger partial charge in [0.1, 0.15) is 0 Å². The van der Waals surface area contributed by atoms with E-state index in [-0.39, 0.29) is 0 Å². The Morgan fingerprint density at radius 1 is 1.39 bits per heavy atom. The Morgan fingerprint density at radius 3 is 2.72 bits per heavy atom. The standard InChI is InChI=1S/C15H21BrIN/c1-10-9-15(2,3)7-6-14(10)18-11-4-5-12(16)13(17)8-11/h4-5,8,10,14,18H,6-7,9H2,1-3H3. The van der Waals surface area contributed by atoms with Crippen LogP contribution in [0.4, 0.5) is 5.69 Å². The van der Waals surface area contributed by atoms with Crippen molar-refractivity contribution in [2.45, 2.75) is 46.1 Å². The minimum atomic E-state index is 0.520. The van der Waals surface area contributed by atoms with Gasteiger partial charge >= 0.3 is 0 Å². The third-order valence-corrected chi connectivity index (χ3v) is 6.29. The van der Waals surface area contributed by atoms with Gasteiger partial charge in [-0.25, -0.2) is 0 Å². The SMILES string of the molecule is CC1CC(C)(C)CCC1Nc1ccc(Br)c(I)c1. The monoisotopic (exact) mass is 421 g/mol. The maximum atomic E-state index is 3.71. The van der Waals surface area contributed by atoms with Crippen LogP contribution in [-0.2, 0) is 0 Å². The highest BCUT2D eigenvalue weighted by Crippen LogP contribution is 2.39. The second kappa shape index (κ2) is 5.70. The topological polar surface area (TPSA) is 12.0 Å². The summed E-state index contributed by atoms with van der Waals surface area (Å²) in [6.07, 6.45) is 3.92. The fraction of sp³-hybridized carbons (Fsp3) is 0.600. The van der Waals surface area contributed by atoms with Gasteiger partial charge in [0.2, 0.25) is 0 Å². The van der Waals surface area contributed by atoms with Gasteiger partial charge < -0.3 is 5.32 Å². The summed E-state index contributed by atoms with van der Waals surface area (Å²) >= 11 is 5.91. The molecule has 0 bridgehead atoms. The lowest BCUT2D eigenvalue weighted by Gasteiger charge is -2.40. The molecule has 0 heterocycles. The lowest BCUT2D eigenvalue weighted by molar-refractivity contribution is 0.177. The van der Waals surface area contributed by atoms with E-state index < -0.39 is 0 Å². The molecule has 1 aliphatic carbocycles. The van der Waals surface area contributed by atoms with Crippen LogP contribution in [0, 0.1) is 14.9 Å². The number of anilines is 1. The number of halogens is 2. The van der Waals surface area contributed by atoms with Gasteiger partial charge in [-0.05, 0) is 87.3 Å². The van der Waals surface area contributed by atoms with Crippen molar-refractivity contribution in [1.29, 1.82) is 0 Å². The molecule has 18 heavy (non-hydrogen) atoms. The summed E-state index contributed by atoms with van der Waals surface area (Å²) in [5, 5.41) is 3.71. The van der Waals surface area contributed by atoms with E-state index in [0.29, 0.717) is 11.5 Å². The molecular formula is C15H21BrIN. The highest BCUT2D eigenvalue weighted by Gasteiger charge is 2.32. The summed E-state index contributed by atoms with van der Waals surface area (Å²) in [4.78, 5) is 0. The van der Waals surface area contributed by atoms with E-state index in [1.54, 1.807) is 0 Å². The number of benzene rings is 1. The van der Waals surface area contributed by atoms with Gasteiger partial charge in [-0.15, -0.1) is 0 Å². The Labute approximate surface area is 132 Å². The molecule has 0 aliphatic heterocycles. The molecule has 0 saturated heterocycles. The van der Waals surface area contributed by atoms with E-state index in [2.05, 4.69) is 82.8 Å². The minimum absolute atomic E-state index is 0.520. The van der Waals surface area contributed by atoms with Crippen LogP contribution >= 0.6 is 38.5 Å². The molecule has 1 aromatic rings. The van der Waals surface area contributed by atoms with Gasteiger partial charge in [0.25, 0.3) is 0 Å². The lowest BCUT2D eigenvalue weighted by atomic mass is 9.70. The quantitative estimate of drug-likeness (QED) is 0.605. The summed E-state index contributed by atoms with van der Waals surface area (Å²) < 4.78 is 2.44. The number of rotatable bonds is 2. The summed E-state index contributed by atoms with van der Waals surface area (Å²) in [6.45, 7) is 7.16. The molecular weight excluding hydrogens is 401 g/mol. The zero-order valence-corrected chi connectivity index (χ0v) is 15.0. The van der Waals surface area contributed by atoms with E-state index >= 15 is 0 Å². The zero-order valence-electron chi connectivity index (χ0n) is 11.3. The van der Waals surface area contributed by atoms with Crippen molar-refractivity contribution in [3.63, 3.8) is 0 Å². The number of hydrogen-bond acceptors (Lipinski definition) is 1. The van der Waals surface area contributed by atoms with Crippen molar-refractivity contribution in [2.75, 3.05) is 5.32 Å². The minimum Gasteiger partial charge on any atom is -0.382 e. The van der Waals surface area contributed by atoms with Crippen LogP contribution in [0.3, 0.4) is 0 Å². The van der Waals surface area contributed by atoms with E-state index in [9.17, 15) is 0 Å². The lowest BCUT2D eigenvalue weighted by Crippen LogP contribution is -2.36. The molecule has 1 N–H and O–H groups in total. The first-order valence-electron chi connectivity index (χ1n) is 6.59. The van der Waals surface area contributed by atoms with Gasteiger partial charge in [0.15, 0.2) is 0 Å². The van der Waals surface area contributed by atoms with E-state index in [4.69, 9.17) is 0 Å². The fourth-order valence-electron chi connectivity index (χ4n) is 2.96. The molecule has 1 nitrogen and oxygen atoms in total. The van der Waals surface area contributed by atoms with Crippen molar-refractivity contribution >= 4 is 44.2 Å². The molecule has 2 unspecified atom stereocenters. The average molecular weight is 422 g/mol. The molecule has 100 valence electrons. The van der Waals surface area contributed by atoms with Gasteiger partial charge in [0, 0.05) is 19.8 Å². The van der Waals surface area contributed by atoms with Crippen LogP contribution in [0.15, 0.2) is 22.7 Å². The van der Waals surface area contributed by atoms with Crippen LogP contribution in [0.2, 0.25) is 0 Å². The maximum absolute atomic E-state index is 3.71. The van der Waals surface area contributed by atoms with Crippen molar-refractivity contribution in [3.8, 4) is 0 Å². The smallest absolute Gasteiger partial charge is 0.0353 e. The van der Waals surface area contributed by atoms with E-state index in [1.807, 2.05) is 0 Å². The molecule has 1 aromatic carbocycles. The second-order valence-electron chi connectivity index (χ2n) is 6.26. The molecule has 0 aromatic heterocycles. The van der Waals surface area contributed by atoms with Crippen molar-refractivity contribution in [2.24, 2.45) is 11.3 Å². The predicted octanol–water partition coefficient (Wildman–Crippen LogP) is 5.68. The molecule has 1 aliphatic rings. The Balaban J connectivity index is 2.03. The first kappa shape index (κ1) is 14.6. The molecule has 1 saturated carbocycles. The molecule has 2 atom stereocenters. The van der Waals surface area contributed by atoms with Crippen LogP contribution < -0.4 is 5.32 Å². The van der Waals surface area contributed by atoms with E-state index in [0.717, 1.165) is 5.92 Å². The largest absolute Gasteiger partial charge is 0.382 e. The van der Waals surface area contributed by atoms with Gasteiger partial charge in [-0.1, -0.05) is 20.8 Å². The number of nitrogens with one attached hydrogen (secondary N) is 1. The third kappa shape index (κ3) is 3.62. The van der Waals surface area contributed by atoms with Gasteiger partial charge in [-0.2, -0.15) is 0 Å². The fourth-order valence-corrected chi connectivity index (χ4v) is 3.72. The van der Waals surface area contributed by atoms with Gasteiger partial charge in [-0.3, -0.25) is 0 Å².